The number of sulfonamides is 1. The molecule has 1 aliphatic rings. The van der Waals surface area contributed by atoms with Crippen LogP contribution in [0.25, 0.3) is 0 Å². The summed E-state index contributed by atoms with van der Waals surface area (Å²) in [4.78, 5) is 11.5. The van der Waals surface area contributed by atoms with Crippen LogP contribution in [0, 0.1) is 0 Å². The number of fused-ring (bicyclic) bond motifs is 1. The molecule has 5 nitrogen and oxygen atoms in total. The lowest BCUT2D eigenvalue weighted by Gasteiger charge is -2.28. The number of anilines is 1. The largest absolute Gasteiger partial charge is 0.326 e. The predicted molar refractivity (Wildman–Crippen MR) is 91.0 cm³/mol. The summed E-state index contributed by atoms with van der Waals surface area (Å²) in [5.74, 6) is -0.0520. The van der Waals surface area contributed by atoms with Crippen molar-refractivity contribution in [3.05, 3.63) is 46.8 Å². The molecule has 2 heterocycles. The number of thiophene rings is 1. The lowest BCUT2D eigenvalue weighted by atomic mass is 10.0. The molecule has 7 heteroatoms. The van der Waals surface area contributed by atoms with E-state index in [0.29, 0.717) is 35.8 Å². The van der Waals surface area contributed by atoms with Gasteiger partial charge in [0.2, 0.25) is 5.91 Å². The molecule has 0 unspecified atom stereocenters. The third kappa shape index (κ3) is 3.31. The number of benzene rings is 1. The first-order valence-electron chi connectivity index (χ1n) is 7.46. The smallest absolute Gasteiger partial charge is 0.252 e. The van der Waals surface area contributed by atoms with Crippen LogP contribution < -0.4 is 5.32 Å². The van der Waals surface area contributed by atoms with Gasteiger partial charge < -0.3 is 5.32 Å². The van der Waals surface area contributed by atoms with Gasteiger partial charge in [-0.2, -0.15) is 4.31 Å². The van der Waals surface area contributed by atoms with Crippen LogP contribution in [0.1, 0.15) is 24.5 Å². The van der Waals surface area contributed by atoms with Gasteiger partial charge in [-0.1, -0.05) is 19.1 Å². The molecule has 0 fully saturated rings. The lowest BCUT2D eigenvalue weighted by molar-refractivity contribution is -0.115. The Bertz CT molecular complexity index is 814. The van der Waals surface area contributed by atoms with Crippen molar-refractivity contribution in [1.82, 2.24) is 4.31 Å². The van der Waals surface area contributed by atoms with Crippen molar-refractivity contribution in [1.29, 1.82) is 0 Å². The molecule has 23 heavy (non-hydrogen) atoms. The second-order valence-electron chi connectivity index (χ2n) is 5.41. The average Bonchev–Trinajstić information content (AvgIpc) is 3.09. The summed E-state index contributed by atoms with van der Waals surface area (Å²) in [7, 11) is -3.44. The number of nitrogens with zero attached hydrogens (tertiary/aromatic N) is 1. The fourth-order valence-corrected chi connectivity index (χ4v) is 5.16. The second kappa shape index (κ2) is 6.43. The van der Waals surface area contributed by atoms with E-state index in [9.17, 15) is 13.2 Å². The first-order valence-corrected chi connectivity index (χ1v) is 9.78. The number of hydrogen-bond donors (Lipinski definition) is 1. The first-order chi connectivity index (χ1) is 11.0. The van der Waals surface area contributed by atoms with Gasteiger partial charge in [0, 0.05) is 25.2 Å². The van der Waals surface area contributed by atoms with E-state index in [4.69, 9.17) is 0 Å². The minimum Gasteiger partial charge on any atom is -0.326 e. The maximum absolute atomic E-state index is 12.6. The van der Waals surface area contributed by atoms with Crippen molar-refractivity contribution in [2.24, 2.45) is 0 Å². The van der Waals surface area contributed by atoms with Gasteiger partial charge in [0.25, 0.3) is 10.0 Å². The summed E-state index contributed by atoms with van der Waals surface area (Å²) in [5, 5.41) is 4.59. The van der Waals surface area contributed by atoms with Crippen molar-refractivity contribution in [2.75, 3.05) is 11.9 Å². The van der Waals surface area contributed by atoms with Crippen molar-refractivity contribution >= 4 is 33.0 Å². The van der Waals surface area contributed by atoms with Gasteiger partial charge in [0.05, 0.1) is 0 Å². The third-order valence-electron chi connectivity index (χ3n) is 3.88. The zero-order valence-corrected chi connectivity index (χ0v) is 14.4. The standard InChI is InChI=1S/C16H18N2O3S2/c1-2-15(19)17-14-6-5-12-7-8-18(11-13(12)10-14)23(20,21)16-4-3-9-22-16/h3-6,9-10H,2,7-8,11H2,1H3,(H,17,19). The van der Waals surface area contributed by atoms with E-state index in [0.717, 1.165) is 11.1 Å². The highest BCUT2D eigenvalue weighted by Crippen LogP contribution is 2.28. The van der Waals surface area contributed by atoms with Crippen molar-refractivity contribution in [3.63, 3.8) is 0 Å². The molecule has 1 aliphatic heterocycles. The monoisotopic (exact) mass is 350 g/mol. The lowest BCUT2D eigenvalue weighted by Crippen LogP contribution is -2.35. The number of rotatable bonds is 4. The van der Waals surface area contributed by atoms with E-state index in [1.807, 2.05) is 18.2 Å². The van der Waals surface area contributed by atoms with Gasteiger partial charge in [0.1, 0.15) is 4.21 Å². The van der Waals surface area contributed by atoms with Crippen molar-refractivity contribution in [2.45, 2.75) is 30.5 Å². The summed E-state index contributed by atoms with van der Waals surface area (Å²) in [6.07, 6.45) is 1.10. The molecule has 0 atom stereocenters. The summed E-state index contributed by atoms with van der Waals surface area (Å²) >= 11 is 1.23. The van der Waals surface area contributed by atoms with E-state index in [-0.39, 0.29) is 5.91 Å². The van der Waals surface area contributed by atoms with E-state index in [1.165, 1.54) is 15.6 Å². The quantitative estimate of drug-likeness (QED) is 0.922. The molecule has 0 bridgehead atoms. The van der Waals surface area contributed by atoms with Gasteiger partial charge in [-0.05, 0) is 41.1 Å². The molecule has 122 valence electrons. The third-order valence-corrected chi connectivity index (χ3v) is 7.10. The summed E-state index contributed by atoms with van der Waals surface area (Å²) in [6.45, 7) is 2.61. The molecule has 2 aromatic rings. The first kappa shape index (κ1) is 16.2. The van der Waals surface area contributed by atoms with Crippen LogP contribution in [0.4, 0.5) is 5.69 Å². The van der Waals surface area contributed by atoms with Crippen LogP contribution in [0.5, 0.6) is 0 Å². The summed E-state index contributed by atoms with van der Waals surface area (Å²) < 4.78 is 27.1. The Balaban J connectivity index is 1.85. The summed E-state index contributed by atoms with van der Waals surface area (Å²) in [6, 6.07) is 9.09. The van der Waals surface area contributed by atoms with Gasteiger partial charge >= 0.3 is 0 Å². The Kier molecular flexibility index (Phi) is 4.52. The fourth-order valence-electron chi connectivity index (χ4n) is 2.60. The van der Waals surface area contributed by atoms with Crippen LogP contribution in [0.3, 0.4) is 0 Å². The van der Waals surface area contributed by atoms with Gasteiger partial charge in [0.15, 0.2) is 0 Å². The highest BCUT2D eigenvalue weighted by molar-refractivity contribution is 7.91. The van der Waals surface area contributed by atoms with E-state index in [1.54, 1.807) is 24.4 Å². The maximum Gasteiger partial charge on any atom is 0.252 e. The Morgan fingerprint density at radius 1 is 1.30 bits per heavy atom. The van der Waals surface area contributed by atoms with Crippen LogP contribution in [0.2, 0.25) is 0 Å². The average molecular weight is 350 g/mol. The van der Waals surface area contributed by atoms with E-state index >= 15 is 0 Å². The Labute approximate surface area is 140 Å². The predicted octanol–water partition coefficient (Wildman–Crippen LogP) is 2.84. The van der Waals surface area contributed by atoms with Crippen LogP contribution in [0.15, 0.2) is 39.9 Å². The summed E-state index contributed by atoms with van der Waals surface area (Å²) in [5.41, 5.74) is 2.80. The molecule has 1 aromatic heterocycles. The normalized spacial score (nSPS) is 15.2. The molecule has 0 saturated carbocycles. The number of amides is 1. The molecule has 0 radical (unpaired) electrons. The van der Waals surface area contributed by atoms with Crippen LogP contribution in [-0.4, -0.2) is 25.2 Å². The molecule has 1 aromatic carbocycles. The topological polar surface area (TPSA) is 66.5 Å². The Hall–Kier alpha value is -1.70. The van der Waals surface area contributed by atoms with Gasteiger partial charge in [-0.15, -0.1) is 11.3 Å². The highest BCUT2D eigenvalue weighted by Gasteiger charge is 2.29. The minimum absolute atomic E-state index is 0.0520. The van der Waals surface area contributed by atoms with E-state index < -0.39 is 10.0 Å². The molecular formula is C16H18N2O3S2. The van der Waals surface area contributed by atoms with Gasteiger partial charge in [-0.3, -0.25) is 4.79 Å². The SMILES string of the molecule is CCC(=O)Nc1ccc2c(c1)CN(S(=O)(=O)c1cccs1)CC2. The molecule has 0 spiro atoms. The maximum atomic E-state index is 12.6. The molecule has 1 N–H and O–H groups in total. The Morgan fingerprint density at radius 3 is 2.83 bits per heavy atom. The molecule has 0 aliphatic carbocycles. The minimum atomic E-state index is -3.44. The van der Waals surface area contributed by atoms with Crippen molar-refractivity contribution in [3.8, 4) is 0 Å². The zero-order valence-electron chi connectivity index (χ0n) is 12.8. The molecule has 1 amide bonds. The van der Waals surface area contributed by atoms with Crippen LogP contribution >= 0.6 is 11.3 Å². The number of carbonyl (C=O) groups is 1. The molecular weight excluding hydrogens is 332 g/mol. The second-order valence-corrected chi connectivity index (χ2v) is 8.52. The van der Waals surface area contributed by atoms with Crippen molar-refractivity contribution < 1.29 is 13.2 Å². The number of nitrogens with one attached hydrogen (secondary N) is 1. The highest BCUT2D eigenvalue weighted by atomic mass is 32.2. The van der Waals surface area contributed by atoms with E-state index in [2.05, 4.69) is 5.32 Å². The fraction of sp³-hybridized carbons (Fsp3) is 0.312. The number of hydrogen-bond acceptors (Lipinski definition) is 4. The Morgan fingerprint density at radius 2 is 2.13 bits per heavy atom. The molecule has 3 rings (SSSR count). The number of carbonyl (C=O) groups excluding carboxylic acids is 1. The molecule has 0 saturated heterocycles. The van der Waals surface area contributed by atoms with Crippen LogP contribution in [-0.2, 0) is 27.8 Å². The van der Waals surface area contributed by atoms with Gasteiger partial charge in [-0.25, -0.2) is 8.42 Å². The zero-order chi connectivity index (χ0) is 16.4.